The second-order valence-electron chi connectivity index (χ2n) is 1.80. The summed E-state index contributed by atoms with van der Waals surface area (Å²) in [6.45, 7) is 2.72. The molecule has 0 amide bonds. The average molecular weight is 178 g/mol. The Labute approximate surface area is 67.2 Å². The van der Waals surface area contributed by atoms with Gasteiger partial charge >= 0.3 is 0 Å². The highest BCUT2D eigenvalue weighted by Crippen LogP contribution is 2.09. The molecule has 0 radical (unpaired) electrons. The second kappa shape index (κ2) is 5.35. The molecule has 0 aliphatic heterocycles. The van der Waals surface area contributed by atoms with Crippen LogP contribution in [0.1, 0.15) is 0 Å². The van der Waals surface area contributed by atoms with E-state index < -0.39 is 17.5 Å². The summed E-state index contributed by atoms with van der Waals surface area (Å²) >= 11 is 0. The first kappa shape index (κ1) is 10.7. The van der Waals surface area contributed by atoms with E-state index in [0.717, 1.165) is 0 Å². The van der Waals surface area contributed by atoms with Crippen molar-refractivity contribution in [3.8, 4) is 0 Å². The van der Waals surface area contributed by atoms with Crippen LogP contribution in [0.4, 0.5) is 17.6 Å². The third-order valence-corrected chi connectivity index (χ3v) is 0.792. The molecule has 0 aliphatic carbocycles. The molecule has 12 heavy (non-hydrogen) atoms. The minimum Gasteiger partial charge on any atom is -0.215 e. The molecule has 66 valence electrons. The predicted molar refractivity (Wildman–Crippen MR) is 38.9 cm³/mol. The molecule has 0 aromatic rings. The highest BCUT2D eigenvalue weighted by molar-refractivity contribution is 5.25. The van der Waals surface area contributed by atoms with Gasteiger partial charge in [-0.25, -0.2) is 17.6 Å². The fourth-order valence-corrected chi connectivity index (χ4v) is 0.431. The quantitative estimate of drug-likeness (QED) is 0.457. The van der Waals surface area contributed by atoms with Crippen LogP contribution in [0.5, 0.6) is 0 Å². The van der Waals surface area contributed by atoms with E-state index in [2.05, 4.69) is 6.58 Å². The van der Waals surface area contributed by atoms with E-state index in [1.54, 1.807) is 0 Å². The van der Waals surface area contributed by atoms with E-state index >= 15 is 0 Å². The van der Waals surface area contributed by atoms with Crippen LogP contribution >= 0.6 is 0 Å². The third-order valence-electron chi connectivity index (χ3n) is 0.792. The summed E-state index contributed by atoms with van der Waals surface area (Å²) in [5.74, 6) is -3.36. The van der Waals surface area contributed by atoms with Gasteiger partial charge in [0.2, 0.25) is 0 Å². The fraction of sp³-hybridized carbons (Fsp3) is 0. The Morgan fingerprint density at radius 2 is 1.58 bits per heavy atom. The molecule has 0 N–H and O–H groups in total. The Morgan fingerprint density at radius 3 is 2.00 bits per heavy atom. The van der Waals surface area contributed by atoms with E-state index in [-0.39, 0.29) is 6.33 Å². The maximum absolute atomic E-state index is 12.3. The summed E-state index contributed by atoms with van der Waals surface area (Å²) in [6, 6.07) is 0. The monoisotopic (exact) mass is 178 g/mol. The smallest absolute Gasteiger partial charge is 0.129 e. The van der Waals surface area contributed by atoms with Crippen molar-refractivity contribution in [2.75, 3.05) is 0 Å². The highest BCUT2D eigenvalue weighted by Gasteiger charge is 1.94. The number of rotatable bonds is 3. The zero-order valence-corrected chi connectivity index (χ0v) is 6.03. The number of hydrogen-bond acceptors (Lipinski definition) is 0. The molecular weight excluding hydrogens is 172 g/mol. The van der Waals surface area contributed by atoms with Crippen molar-refractivity contribution in [3.63, 3.8) is 0 Å². The van der Waals surface area contributed by atoms with Crippen LogP contribution in [0.2, 0.25) is 0 Å². The van der Waals surface area contributed by atoms with Crippen molar-refractivity contribution in [1.82, 2.24) is 0 Å². The summed E-state index contributed by atoms with van der Waals surface area (Å²) < 4.78 is 47.6. The highest BCUT2D eigenvalue weighted by atomic mass is 19.1. The van der Waals surface area contributed by atoms with Gasteiger partial charge in [0.1, 0.15) is 17.5 Å². The maximum atomic E-state index is 12.3. The lowest BCUT2D eigenvalue weighted by molar-refractivity contribution is 0.614. The molecule has 0 unspecified atom stereocenters. The van der Waals surface area contributed by atoms with Gasteiger partial charge in [0.15, 0.2) is 0 Å². The predicted octanol–water partition coefficient (Wildman–Crippen LogP) is 3.66. The molecule has 0 aromatic heterocycles. The van der Waals surface area contributed by atoms with Crippen LogP contribution in [-0.2, 0) is 0 Å². The van der Waals surface area contributed by atoms with Gasteiger partial charge in [0, 0.05) is 18.2 Å². The molecule has 4 heteroatoms. The van der Waals surface area contributed by atoms with E-state index in [1.165, 1.54) is 0 Å². The first-order valence-electron chi connectivity index (χ1n) is 2.92. The molecule has 0 aromatic carbocycles. The topological polar surface area (TPSA) is 0 Å². The standard InChI is InChI=1S/C8H6F4/c1-6(10)4-8(12)5-7(11)2-3-9/h2-5H,1H2. The summed E-state index contributed by atoms with van der Waals surface area (Å²) in [5.41, 5.74) is 0. The van der Waals surface area contributed by atoms with Gasteiger partial charge in [0.25, 0.3) is 0 Å². The third kappa shape index (κ3) is 5.46. The first-order valence-corrected chi connectivity index (χ1v) is 2.92. The van der Waals surface area contributed by atoms with Crippen LogP contribution in [0.15, 0.2) is 48.6 Å². The fourth-order valence-electron chi connectivity index (χ4n) is 0.431. The van der Waals surface area contributed by atoms with Crippen molar-refractivity contribution in [1.29, 1.82) is 0 Å². The molecule has 0 saturated heterocycles. The number of halogens is 4. The zero-order valence-electron chi connectivity index (χ0n) is 6.03. The summed E-state index contributed by atoms with van der Waals surface area (Å²) in [6.07, 6.45) is 1.02. The molecule has 0 heterocycles. The Balaban J connectivity index is 4.42. The zero-order chi connectivity index (χ0) is 9.56. The number of allylic oxidation sites excluding steroid dienone is 6. The SMILES string of the molecule is C=C(F)C=C(F)C=C(F)C=CF. The lowest BCUT2D eigenvalue weighted by Gasteiger charge is -1.86. The molecule has 0 fully saturated rings. The average Bonchev–Trinajstić information content (AvgIpc) is 1.84. The normalized spacial score (nSPS) is 14.0. The van der Waals surface area contributed by atoms with Crippen LogP contribution in [0, 0.1) is 0 Å². The lowest BCUT2D eigenvalue weighted by Crippen LogP contribution is -1.70. The van der Waals surface area contributed by atoms with Gasteiger partial charge in [-0.15, -0.1) is 0 Å². The van der Waals surface area contributed by atoms with Gasteiger partial charge in [0.05, 0.1) is 6.33 Å². The Hall–Kier alpha value is -1.32. The van der Waals surface area contributed by atoms with E-state index in [4.69, 9.17) is 0 Å². The van der Waals surface area contributed by atoms with Crippen molar-refractivity contribution in [3.05, 3.63) is 48.6 Å². The number of hydrogen-bond donors (Lipinski definition) is 0. The van der Waals surface area contributed by atoms with Crippen LogP contribution in [-0.4, -0.2) is 0 Å². The summed E-state index contributed by atoms with van der Waals surface area (Å²) in [4.78, 5) is 0. The van der Waals surface area contributed by atoms with Crippen molar-refractivity contribution < 1.29 is 17.6 Å². The van der Waals surface area contributed by atoms with E-state index in [0.29, 0.717) is 18.2 Å². The lowest BCUT2D eigenvalue weighted by atomic mass is 10.3. The Bertz CT molecular complexity index is 248. The summed E-state index contributed by atoms with van der Waals surface area (Å²) in [5, 5.41) is 0. The molecule has 0 bridgehead atoms. The minimum absolute atomic E-state index is 0.0939. The molecule has 0 aliphatic rings. The molecule has 0 nitrogen and oxygen atoms in total. The maximum Gasteiger partial charge on any atom is 0.129 e. The molecule has 0 rings (SSSR count). The van der Waals surface area contributed by atoms with Crippen LogP contribution < -0.4 is 0 Å². The van der Waals surface area contributed by atoms with Gasteiger partial charge in [-0.3, -0.25) is 0 Å². The van der Waals surface area contributed by atoms with Crippen LogP contribution in [0.3, 0.4) is 0 Å². The van der Waals surface area contributed by atoms with Gasteiger partial charge in [-0.1, -0.05) is 6.58 Å². The Morgan fingerprint density at radius 1 is 1.00 bits per heavy atom. The van der Waals surface area contributed by atoms with E-state index in [9.17, 15) is 17.6 Å². The van der Waals surface area contributed by atoms with Gasteiger partial charge < -0.3 is 0 Å². The van der Waals surface area contributed by atoms with Gasteiger partial charge in [-0.2, -0.15) is 0 Å². The first-order chi connectivity index (χ1) is 5.56. The molecular formula is C8H6F4. The van der Waals surface area contributed by atoms with Gasteiger partial charge in [-0.05, 0) is 0 Å². The molecule has 0 atom stereocenters. The van der Waals surface area contributed by atoms with Crippen molar-refractivity contribution in [2.45, 2.75) is 0 Å². The molecule has 0 spiro atoms. The van der Waals surface area contributed by atoms with E-state index in [1.807, 2.05) is 0 Å². The van der Waals surface area contributed by atoms with Crippen molar-refractivity contribution in [2.24, 2.45) is 0 Å². The Kier molecular flexibility index (Phi) is 4.76. The summed E-state index contributed by atoms with van der Waals surface area (Å²) in [7, 11) is 0. The largest absolute Gasteiger partial charge is 0.215 e. The van der Waals surface area contributed by atoms with Crippen LogP contribution in [0.25, 0.3) is 0 Å². The van der Waals surface area contributed by atoms with Crippen molar-refractivity contribution >= 4 is 0 Å². The molecule has 0 saturated carbocycles. The second-order valence-corrected chi connectivity index (χ2v) is 1.80. The minimum atomic E-state index is -1.17.